The van der Waals surface area contributed by atoms with E-state index < -0.39 is 29.3 Å². The average Bonchev–Trinajstić information content (AvgIpc) is 2.70. The number of carbonyl (C=O) groups is 3. The summed E-state index contributed by atoms with van der Waals surface area (Å²) in [5.74, 6) is -0.396. The Labute approximate surface area is 218 Å². The zero-order valence-corrected chi connectivity index (χ0v) is 24.4. The Morgan fingerprint density at radius 2 is 1.64 bits per heavy atom. The number of nitrogens with one attached hydrogen (secondary N) is 2. The van der Waals surface area contributed by atoms with Crippen LogP contribution in [-0.2, 0) is 14.3 Å². The summed E-state index contributed by atoms with van der Waals surface area (Å²) in [5, 5.41) is 5.84. The van der Waals surface area contributed by atoms with Gasteiger partial charge in [0, 0.05) is 12.1 Å². The number of nitrogens with zero attached hydrogens (tertiary/aromatic N) is 1. The molecule has 1 rings (SSSR count). The van der Waals surface area contributed by atoms with Gasteiger partial charge >= 0.3 is 6.09 Å². The van der Waals surface area contributed by atoms with E-state index in [0.29, 0.717) is 13.0 Å². The molecule has 0 saturated carbocycles. The lowest BCUT2D eigenvalue weighted by atomic mass is 9.91. The molecule has 2 N–H and O–H groups in total. The number of unbranched alkanes of at least 4 members (excludes halogenated alkanes) is 1. The quantitative estimate of drug-likeness (QED) is 0.393. The van der Waals surface area contributed by atoms with Gasteiger partial charge in [-0.3, -0.25) is 9.59 Å². The lowest BCUT2D eigenvalue weighted by molar-refractivity contribution is -0.148. The second kappa shape index (κ2) is 13.1. The van der Waals surface area contributed by atoms with Crippen molar-refractivity contribution < 1.29 is 19.1 Å². The van der Waals surface area contributed by atoms with Gasteiger partial charge in [0.2, 0.25) is 11.8 Å². The molecule has 0 aromatic heterocycles. The number of hydrogen-bond donors (Lipinski definition) is 2. The smallest absolute Gasteiger partial charge is 0.408 e. The first kappa shape index (κ1) is 31.5. The van der Waals surface area contributed by atoms with E-state index in [9.17, 15) is 14.4 Å². The van der Waals surface area contributed by atoms with E-state index in [1.54, 1.807) is 25.7 Å². The van der Waals surface area contributed by atoms with Gasteiger partial charge in [-0.2, -0.15) is 0 Å². The van der Waals surface area contributed by atoms with Crippen molar-refractivity contribution in [1.82, 2.24) is 15.5 Å². The summed E-state index contributed by atoms with van der Waals surface area (Å²) in [7, 11) is 0. The minimum Gasteiger partial charge on any atom is -0.444 e. The number of aryl methyl sites for hydroxylation is 2. The van der Waals surface area contributed by atoms with Gasteiger partial charge in [0.1, 0.15) is 17.7 Å². The molecule has 0 heterocycles. The third kappa shape index (κ3) is 9.82. The topological polar surface area (TPSA) is 87.7 Å². The van der Waals surface area contributed by atoms with Crippen LogP contribution in [0.2, 0.25) is 0 Å². The van der Waals surface area contributed by atoms with Gasteiger partial charge in [-0.1, -0.05) is 51.0 Å². The number of carbonyl (C=O) groups excluding carboxylic acids is 3. The fraction of sp³-hybridized carbons (Fsp3) is 0.690. The third-order valence-electron chi connectivity index (χ3n) is 5.72. The van der Waals surface area contributed by atoms with Crippen molar-refractivity contribution in [3.8, 4) is 0 Å². The SMILES string of the molecule is CCCCNC(=O)C(c1cc(C)ccc1C)N(C(=O)C(CC(C)C)NC(=O)OC(C)(C)C)C(C)(C)C. The molecule has 0 bridgehead atoms. The molecule has 7 nitrogen and oxygen atoms in total. The maximum Gasteiger partial charge on any atom is 0.408 e. The molecule has 0 fully saturated rings. The minimum atomic E-state index is -0.843. The highest BCUT2D eigenvalue weighted by molar-refractivity contribution is 5.93. The van der Waals surface area contributed by atoms with Crippen LogP contribution in [0.1, 0.15) is 104 Å². The summed E-state index contributed by atoms with van der Waals surface area (Å²) in [4.78, 5) is 42.3. The van der Waals surface area contributed by atoms with Crippen molar-refractivity contribution in [1.29, 1.82) is 0 Å². The highest BCUT2D eigenvalue weighted by atomic mass is 16.6. The van der Waals surface area contributed by atoms with Gasteiger partial charge in [0.25, 0.3) is 0 Å². The number of alkyl carbamates (subject to hydrolysis) is 1. The van der Waals surface area contributed by atoms with E-state index >= 15 is 0 Å². The van der Waals surface area contributed by atoms with Crippen LogP contribution in [0.25, 0.3) is 0 Å². The molecular weight excluding hydrogens is 454 g/mol. The first-order chi connectivity index (χ1) is 16.5. The van der Waals surface area contributed by atoms with Gasteiger partial charge in [0.15, 0.2) is 0 Å². The van der Waals surface area contributed by atoms with Crippen LogP contribution in [0.5, 0.6) is 0 Å². The molecule has 7 heteroatoms. The van der Waals surface area contributed by atoms with Gasteiger partial charge in [-0.15, -0.1) is 0 Å². The van der Waals surface area contributed by atoms with Crippen molar-refractivity contribution in [2.24, 2.45) is 5.92 Å². The van der Waals surface area contributed by atoms with E-state index in [2.05, 4.69) is 17.6 Å². The Morgan fingerprint density at radius 3 is 2.14 bits per heavy atom. The molecule has 2 atom stereocenters. The predicted molar refractivity (Wildman–Crippen MR) is 146 cm³/mol. The second-order valence-electron chi connectivity index (χ2n) is 12.1. The molecule has 0 aliphatic heterocycles. The van der Waals surface area contributed by atoms with Crippen molar-refractivity contribution >= 4 is 17.9 Å². The number of ether oxygens (including phenoxy) is 1. The second-order valence-corrected chi connectivity index (χ2v) is 12.1. The predicted octanol–water partition coefficient (Wildman–Crippen LogP) is 5.83. The molecule has 0 radical (unpaired) electrons. The lowest BCUT2D eigenvalue weighted by Crippen LogP contribution is -2.59. The monoisotopic (exact) mass is 503 g/mol. The van der Waals surface area contributed by atoms with E-state index in [-0.39, 0.29) is 17.7 Å². The summed E-state index contributed by atoms with van der Waals surface area (Å²) in [6, 6.07) is 4.27. The van der Waals surface area contributed by atoms with Crippen molar-refractivity contribution in [3.05, 3.63) is 34.9 Å². The molecule has 0 saturated heterocycles. The average molecular weight is 504 g/mol. The lowest BCUT2D eigenvalue weighted by Gasteiger charge is -2.43. The number of amides is 3. The standard InChI is InChI=1S/C29H49N3O4/c1-12-13-16-30-25(33)24(22-18-20(4)14-15-21(22)5)32(28(6,7)8)26(34)23(17-19(2)3)31-27(35)36-29(9,10)11/h14-15,18-19,23-24H,12-13,16-17H2,1-11H3,(H,30,33)(H,31,35). The van der Waals surface area contributed by atoms with Crippen LogP contribution >= 0.6 is 0 Å². The normalized spacial score (nSPS) is 13.7. The zero-order valence-electron chi connectivity index (χ0n) is 24.4. The number of hydrogen-bond acceptors (Lipinski definition) is 4. The summed E-state index contributed by atoms with van der Waals surface area (Å²) in [5.41, 5.74) is 1.32. The fourth-order valence-corrected chi connectivity index (χ4v) is 4.09. The van der Waals surface area contributed by atoms with E-state index in [1.807, 2.05) is 66.7 Å². The van der Waals surface area contributed by atoms with E-state index in [0.717, 1.165) is 29.5 Å². The maximum atomic E-state index is 14.2. The molecule has 1 aromatic rings. The molecule has 1 aromatic carbocycles. The van der Waals surface area contributed by atoms with Crippen LogP contribution < -0.4 is 10.6 Å². The first-order valence-corrected chi connectivity index (χ1v) is 13.2. The Kier molecular flexibility index (Phi) is 11.5. The zero-order chi connectivity index (χ0) is 27.8. The third-order valence-corrected chi connectivity index (χ3v) is 5.72. The number of rotatable bonds is 10. The Morgan fingerprint density at radius 1 is 1.03 bits per heavy atom. The van der Waals surface area contributed by atoms with Gasteiger partial charge in [-0.05, 0) is 85.3 Å². The molecule has 0 aliphatic carbocycles. The molecule has 3 amide bonds. The van der Waals surface area contributed by atoms with Crippen LogP contribution in [0, 0.1) is 19.8 Å². The number of benzene rings is 1. The van der Waals surface area contributed by atoms with Gasteiger partial charge < -0.3 is 20.3 Å². The summed E-state index contributed by atoms with van der Waals surface area (Å²) >= 11 is 0. The molecule has 204 valence electrons. The Bertz CT molecular complexity index is 897. The molecular formula is C29H49N3O4. The molecule has 0 aliphatic rings. The summed E-state index contributed by atoms with van der Waals surface area (Å²) in [6.45, 7) is 21.6. The summed E-state index contributed by atoms with van der Waals surface area (Å²) in [6.07, 6.45) is 1.57. The molecule has 36 heavy (non-hydrogen) atoms. The first-order valence-electron chi connectivity index (χ1n) is 13.2. The molecule has 2 unspecified atom stereocenters. The highest BCUT2D eigenvalue weighted by Crippen LogP contribution is 2.33. The van der Waals surface area contributed by atoms with Crippen LogP contribution in [0.4, 0.5) is 4.79 Å². The Hall–Kier alpha value is -2.57. The van der Waals surface area contributed by atoms with Gasteiger partial charge in [0.05, 0.1) is 0 Å². The minimum absolute atomic E-state index is 0.133. The van der Waals surface area contributed by atoms with E-state index in [1.165, 1.54) is 0 Å². The Balaban J connectivity index is 3.60. The maximum absolute atomic E-state index is 14.2. The van der Waals surface area contributed by atoms with E-state index in [4.69, 9.17) is 4.74 Å². The van der Waals surface area contributed by atoms with Gasteiger partial charge in [-0.25, -0.2) is 4.79 Å². The largest absolute Gasteiger partial charge is 0.444 e. The fourth-order valence-electron chi connectivity index (χ4n) is 4.09. The highest BCUT2D eigenvalue weighted by Gasteiger charge is 2.42. The van der Waals surface area contributed by atoms with Crippen molar-refractivity contribution in [2.45, 2.75) is 119 Å². The summed E-state index contributed by atoms with van der Waals surface area (Å²) < 4.78 is 5.46. The van der Waals surface area contributed by atoms with Crippen LogP contribution in [0.15, 0.2) is 18.2 Å². The molecule has 0 spiro atoms. The van der Waals surface area contributed by atoms with Crippen LogP contribution in [0.3, 0.4) is 0 Å². The van der Waals surface area contributed by atoms with Crippen molar-refractivity contribution in [3.63, 3.8) is 0 Å². The van der Waals surface area contributed by atoms with Crippen molar-refractivity contribution in [2.75, 3.05) is 6.54 Å². The van der Waals surface area contributed by atoms with Crippen LogP contribution in [-0.4, -0.2) is 46.5 Å².